The van der Waals surface area contributed by atoms with Crippen molar-refractivity contribution in [2.75, 3.05) is 0 Å². The fraction of sp³-hybridized carbons (Fsp3) is 0.333. The van der Waals surface area contributed by atoms with Gasteiger partial charge in [0, 0.05) is 0 Å². The van der Waals surface area contributed by atoms with E-state index in [0.29, 0.717) is 5.56 Å². The Labute approximate surface area is 96.4 Å². The highest BCUT2D eigenvalue weighted by Crippen LogP contribution is 2.49. The molecule has 0 heterocycles. The molecule has 1 aromatic carbocycles. The Bertz CT molecular complexity index is 464. The Morgan fingerprint density at radius 3 is 2.38 bits per heavy atom. The normalized spacial score (nSPS) is 17.9. The fourth-order valence-electron chi connectivity index (χ4n) is 1.68. The number of benzene rings is 1. The Hall–Kier alpha value is -1.14. The molecule has 16 heavy (non-hydrogen) atoms. The van der Waals surface area contributed by atoms with Crippen LogP contribution in [0.15, 0.2) is 18.2 Å². The van der Waals surface area contributed by atoms with E-state index in [1.807, 2.05) is 0 Å². The highest BCUT2D eigenvalue weighted by Gasteiger charge is 2.44. The van der Waals surface area contributed by atoms with Gasteiger partial charge in [0.25, 0.3) is 0 Å². The van der Waals surface area contributed by atoms with Gasteiger partial charge in [0.2, 0.25) is 0 Å². The molecule has 2 rings (SSSR count). The molecule has 84 valence electrons. The van der Waals surface area contributed by atoms with Gasteiger partial charge in [-0.05, 0) is 30.5 Å². The molecule has 0 saturated heterocycles. The predicted molar refractivity (Wildman–Crippen MR) is 56.2 cm³/mol. The number of halogens is 4. The SMILES string of the molecule is C#CC1(c2ccc(Cl)c(C(F)(F)F)c2)CC1. The van der Waals surface area contributed by atoms with Gasteiger partial charge < -0.3 is 0 Å². The summed E-state index contributed by atoms with van der Waals surface area (Å²) >= 11 is 5.52. The van der Waals surface area contributed by atoms with Gasteiger partial charge in [-0.15, -0.1) is 6.42 Å². The van der Waals surface area contributed by atoms with Crippen molar-refractivity contribution in [2.45, 2.75) is 24.4 Å². The van der Waals surface area contributed by atoms with Crippen LogP contribution >= 0.6 is 11.6 Å². The molecule has 0 N–H and O–H groups in total. The van der Waals surface area contributed by atoms with E-state index in [9.17, 15) is 13.2 Å². The van der Waals surface area contributed by atoms with Crippen molar-refractivity contribution in [2.24, 2.45) is 0 Å². The number of hydrogen-bond acceptors (Lipinski definition) is 0. The highest BCUT2D eigenvalue weighted by molar-refractivity contribution is 6.31. The van der Waals surface area contributed by atoms with Crippen LogP contribution in [0.5, 0.6) is 0 Å². The lowest BCUT2D eigenvalue weighted by atomic mass is 9.95. The van der Waals surface area contributed by atoms with E-state index in [2.05, 4.69) is 5.92 Å². The van der Waals surface area contributed by atoms with Crippen molar-refractivity contribution >= 4 is 11.6 Å². The van der Waals surface area contributed by atoms with Crippen LogP contribution in [0.2, 0.25) is 5.02 Å². The molecule has 1 aromatic rings. The van der Waals surface area contributed by atoms with Gasteiger partial charge in [-0.25, -0.2) is 0 Å². The first-order valence-electron chi connectivity index (χ1n) is 4.74. The first-order valence-corrected chi connectivity index (χ1v) is 5.12. The molecule has 0 nitrogen and oxygen atoms in total. The molecule has 0 atom stereocenters. The zero-order valence-electron chi connectivity index (χ0n) is 8.24. The summed E-state index contributed by atoms with van der Waals surface area (Å²) in [7, 11) is 0. The first kappa shape index (κ1) is 11.3. The summed E-state index contributed by atoms with van der Waals surface area (Å²) in [5.41, 5.74) is -0.773. The minimum absolute atomic E-state index is 0.288. The Morgan fingerprint density at radius 2 is 1.94 bits per heavy atom. The van der Waals surface area contributed by atoms with Crippen molar-refractivity contribution < 1.29 is 13.2 Å². The molecule has 0 aromatic heterocycles. The van der Waals surface area contributed by atoms with Crippen LogP contribution in [-0.4, -0.2) is 0 Å². The van der Waals surface area contributed by atoms with Crippen molar-refractivity contribution in [3.05, 3.63) is 34.3 Å². The summed E-state index contributed by atoms with van der Waals surface area (Å²) in [5, 5.41) is -0.288. The third kappa shape index (κ3) is 1.78. The van der Waals surface area contributed by atoms with Crippen LogP contribution in [0.25, 0.3) is 0 Å². The summed E-state index contributed by atoms with van der Waals surface area (Å²) in [6, 6.07) is 3.90. The minimum Gasteiger partial charge on any atom is -0.166 e. The lowest BCUT2D eigenvalue weighted by Crippen LogP contribution is -2.10. The van der Waals surface area contributed by atoms with E-state index < -0.39 is 17.2 Å². The maximum atomic E-state index is 12.6. The molecule has 0 bridgehead atoms. The van der Waals surface area contributed by atoms with Crippen LogP contribution in [0, 0.1) is 12.3 Å². The van der Waals surface area contributed by atoms with E-state index in [0.717, 1.165) is 18.9 Å². The summed E-state index contributed by atoms with van der Waals surface area (Å²) in [6.45, 7) is 0. The topological polar surface area (TPSA) is 0 Å². The summed E-state index contributed by atoms with van der Waals surface area (Å²) in [4.78, 5) is 0. The standard InChI is InChI=1S/C12H8ClF3/c1-2-11(5-6-11)8-3-4-10(13)9(7-8)12(14,15)16/h1,3-4,7H,5-6H2. The molecular weight excluding hydrogens is 237 g/mol. The van der Waals surface area contributed by atoms with E-state index in [-0.39, 0.29) is 5.02 Å². The minimum atomic E-state index is -4.43. The maximum absolute atomic E-state index is 12.6. The Balaban J connectivity index is 2.49. The summed E-state index contributed by atoms with van der Waals surface area (Å²) in [5.74, 6) is 2.56. The number of alkyl halides is 3. The largest absolute Gasteiger partial charge is 0.417 e. The van der Waals surface area contributed by atoms with Crippen LogP contribution in [0.1, 0.15) is 24.0 Å². The van der Waals surface area contributed by atoms with Crippen LogP contribution in [0.3, 0.4) is 0 Å². The number of terminal acetylenes is 1. The lowest BCUT2D eigenvalue weighted by molar-refractivity contribution is -0.137. The van der Waals surface area contributed by atoms with E-state index in [4.69, 9.17) is 18.0 Å². The second-order valence-electron chi connectivity index (χ2n) is 3.92. The molecular formula is C12H8ClF3. The van der Waals surface area contributed by atoms with Gasteiger partial charge in [0.05, 0.1) is 16.0 Å². The lowest BCUT2D eigenvalue weighted by Gasteiger charge is -2.13. The van der Waals surface area contributed by atoms with Crippen molar-refractivity contribution in [3.8, 4) is 12.3 Å². The van der Waals surface area contributed by atoms with E-state index in [1.54, 1.807) is 6.07 Å². The second-order valence-corrected chi connectivity index (χ2v) is 4.33. The molecule has 1 saturated carbocycles. The maximum Gasteiger partial charge on any atom is 0.417 e. The molecule has 1 fully saturated rings. The average Bonchev–Trinajstić information content (AvgIpc) is 2.97. The van der Waals surface area contributed by atoms with Gasteiger partial charge in [-0.1, -0.05) is 23.6 Å². The average molecular weight is 245 g/mol. The van der Waals surface area contributed by atoms with E-state index >= 15 is 0 Å². The summed E-state index contributed by atoms with van der Waals surface area (Å²) < 4.78 is 37.8. The van der Waals surface area contributed by atoms with Gasteiger partial charge in [-0.2, -0.15) is 13.2 Å². The van der Waals surface area contributed by atoms with Gasteiger partial charge in [-0.3, -0.25) is 0 Å². The van der Waals surface area contributed by atoms with Gasteiger partial charge in [0.1, 0.15) is 0 Å². The number of rotatable bonds is 1. The molecule has 4 heteroatoms. The van der Waals surface area contributed by atoms with Crippen molar-refractivity contribution in [3.63, 3.8) is 0 Å². The van der Waals surface area contributed by atoms with Crippen LogP contribution in [0.4, 0.5) is 13.2 Å². The van der Waals surface area contributed by atoms with E-state index in [1.165, 1.54) is 6.07 Å². The zero-order chi connectivity index (χ0) is 12.0. The molecule has 1 aliphatic rings. The summed E-state index contributed by atoms with van der Waals surface area (Å²) in [6.07, 6.45) is 2.38. The van der Waals surface area contributed by atoms with Crippen LogP contribution < -0.4 is 0 Å². The third-order valence-electron chi connectivity index (χ3n) is 2.85. The highest BCUT2D eigenvalue weighted by atomic mass is 35.5. The molecule has 0 radical (unpaired) electrons. The zero-order valence-corrected chi connectivity index (χ0v) is 8.99. The van der Waals surface area contributed by atoms with Crippen LogP contribution in [-0.2, 0) is 11.6 Å². The molecule has 1 aliphatic carbocycles. The van der Waals surface area contributed by atoms with Gasteiger partial charge >= 0.3 is 6.18 Å². The van der Waals surface area contributed by atoms with Crippen molar-refractivity contribution in [1.29, 1.82) is 0 Å². The Morgan fingerprint density at radius 1 is 1.31 bits per heavy atom. The quantitative estimate of drug-likeness (QED) is 0.655. The first-order chi connectivity index (χ1) is 7.39. The predicted octanol–water partition coefficient (Wildman–Crippen LogP) is 4.02. The third-order valence-corrected chi connectivity index (χ3v) is 3.18. The fourth-order valence-corrected chi connectivity index (χ4v) is 1.91. The molecule has 0 amide bonds. The monoisotopic (exact) mass is 244 g/mol. The molecule has 0 aliphatic heterocycles. The second kappa shape index (κ2) is 3.43. The van der Waals surface area contributed by atoms with Crippen molar-refractivity contribution in [1.82, 2.24) is 0 Å². The number of hydrogen-bond donors (Lipinski definition) is 0. The smallest absolute Gasteiger partial charge is 0.166 e. The van der Waals surface area contributed by atoms with Gasteiger partial charge in [0.15, 0.2) is 0 Å². The molecule has 0 unspecified atom stereocenters. The molecule has 0 spiro atoms. The Kier molecular flexibility index (Phi) is 2.43.